The third-order valence-electron chi connectivity index (χ3n) is 10.2. The SMILES string of the molecule is CC/C=C\C/C=C\C/C=C\C/C=C\C/C=C\C/C=C\CCC(=O)OCC(COC(=O)CC/C=C\C/C=C\C/C=C\C/C=C\CC)OC(=O)CCCCCCCCCCCCCCCC. The lowest BCUT2D eigenvalue weighted by molar-refractivity contribution is -0.166. The van der Waals surface area contributed by atoms with E-state index in [1.165, 1.54) is 70.6 Å². The first kappa shape index (κ1) is 59.8. The van der Waals surface area contributed by atoms with Gasteiger partial charge in [-0.15, -0.1) is 0 Å². The molecule has 0 aromatic carbocycles. The van der Waals surface area contributed by atoms with E-state index >= 15 is 0 Å². The van der Waals surface area contributed by atoms with Gasteiger partial charge in [0.15, 0.2) is 6.10 Å². The number of carbonyl (C=O) groups is 3. The van der Waals surface area contributed by atoms with Gasteiger partial charge in [-0.1, -0.05) is 226 Å². The van der Waals surface area contributed by atoms with Gasteiger partial charge in [0.25, 0.3) is 0 Å². The van der Waals surface area contributed by atoms with Crippen LogP contribution in [-0.4, -0.2) is 37.2 Å². The topological polar surface area (TPSA) is 78.9 Å². The van der Waals surface area contributed by atoms with Gasteiger partial charge in [-0.25, -0.2) is 0 Å². The van der Waals surface area contributed by atoms with Crippen molar-refractivity contribution >= 4 is 17.9 Å². The molecule has 0 amide bonds. The van der Waals surface area contributed by atoms with E-state index in [0.717, 1.165) is 83.5 Å². The van der Waals surface area contributed by atoms with E-state index in [2.05, 4.69) is 118 Å². The van der Waals surface area contributed by atoms with Gasteiger partial charge in [0.05, 0.1) is 0 Å². The maximum atomic E-state index is 12.8. The largest absolute Gasteiger partial charge is 0.462 e. The molecule has 0 radical (unpaired) electrons. The van der Waals surface area contributed by atoms with E-state index < -0.39 is 6.10 Å². The summed E-state index contributed by atoms with van der Waals surface area (Å²) in [6.45, 7) is 6.26. The van der Waals surface area contributed by atoms with Crippen molar-refractivity contribution in [3.8, 4) is 0 Å². The highest BCUT2D eigenvalue weighted by atomic mass is 16.6. The van der Waals surface area contributed by atoms with Gasteiger partial charge in [-0.3, -0.25) is 14.4 Å². The van der Waals surface area contributed by atoms with Crippen molar-refractivity contribution in [3.63, 3.8) is 0 Å². The molecule has 0 spiro atoms. The lowest BCUT2D eigenvalue weighted by Gasteiger charge is -2.18. The van der Waals surface area contributed by atoms with Gasteiger partial charge in [-0.2, -0.15) is 0 Å². The maximum Gasteiger partial charge on any atom is 0.306 e. The van der Waals surface area contributed by atoms with Crippen LogP contribution in [0.5, 0.6) is 0 Å². The van der Waals surface area contributed by atoms with Crippen molar-refractivity contribution in [2.75, 3.05) is 13.2 Å². The van der Waals surface area contributed by atoms with Gasteiger partial charge in [0.2, 0.25) is 0 Å². The second-order valence-electron chi connectivity index (χ2n) is 16.3. The Morgan fingerprint density at radius 2 is 0.609 bits per heavy atom. The Balaban J connectivity index is 4.58. The molecule has 0 rings (SSSR count). The van der Waals surface area contributed by atoms with Gasteiger partial charge in [0, 0.05) is 19.3 Å². The van der Waals surface area contributed by atoms with Crippen molar-refractivity contribution < 1.29 is 28.6 Å². The number of ether oxygens (including phenoxy) is 3. The number of rotatable bonds is 44. The Kier molecular flexibility index (Phi) is 48.1. The van der Waals surface area contributed by atoms with Gasteiger partial charge in [-0.05, 0) is 83.5 Å². The Labute approximate surface area is 392 Å². The third-order valence-corrected chi connectivity index (χ3v) is 10.2. The molecule has 6 heteroatoms. The Bertz CT molecular complexity index is 1390. The molecule has 1 atom stereocenters. The molecule has 6 nitrogen and oxygen atoms in total. The normalized spacial score (nSPS) is 13.1. The van der Waals surface area contributed by atoms with Gasteiger partial charge in [0.1, 0.15) is 13.2 Å². The summed E-state index contributed by atoms with van der Waals surface area (Å²) in [6, 6.07) is 0. The maximum absolute atomic E-state index is 12.8. The van der Waals surface area contributed by atoms with Crippen LogP contribution in [0.15, 0.2) is 122 Å². The standard InChI is InChI=1S/C58H92O6/c1-4-7-10-13-16-19-22-25-27-28-29-30-31-34-36-39-42-45-48-51-57(60)63-54-55(53-62-56(59)50-47-44-41-38-35-32-24-21-18-15-12-9-6-3)64-58(61)52-49-46-43-40-37-33-26-23-20-17-14-11-8-5-2/h7,9-10,12,16,18-19,21,25,27,29-30,32,34-36,41-42,44-45,55H,4-6,8,11,13-15,17,20,22-24,26,28,31,33,37-40,43,46-54H2,1-3H3/b10-7-,12-9-,19-16-,21-18-,27-25-,30-29-,35-32-,36-34-,44-41-,45-42-. The number of hydrogen-bond acceptors (Lipinski definition) is 6. The molecule has 0 bridgehead atoms. The lowest BCUT2D eigenvalue weighted by atomic mass is 10.0. The van der Waals surface area contributed by atoms with Crippen LogP contribution in [0.4, 0.5) is 0 Å². The first-order chi connectivity index (χ1) is 31.5. The average molecular weight is 885 g/mol. The summed E-state index contributed by atoms with van der Waals surface area (Å²) in [5.41, 5.74) is 0. The third kappa shape index (κ3) is 48.8. The van der Waals surface area contributed by atoms with Gasteiger partial charge < -0.3 is 14.2 Å². The van der Waals surface area contributed by atoms with Crippen LogP contribution in [0, 0.1) is 0 Å². The minimum Gasteiger partial charge on any atom is -0.462 e. The Morgan fingerprint density at radius 1 is 0.328 bits per heavy atom. The molecule has 0 saturated carbocycles. The molecule has 0 aromatic rings. The molecule has 0 N–H and O–H groups in total. The molecule has 0 aliphatic rings. The molecule has 0 aliphatic heterocycles. The summed E-state index contributed by atoms with van der Waals surface area (Å²) in [4.78, 5) is 37.9. The second-order valence-corrected chi connectivity index (χ2v) is 16.3. The fraction of sp³-hybridized carbons (Fsp3) is 0.603. The minimum absolute atomic E-state index is 0.141. The molecule has 0 fully saturated rings. The van der Waals surface area contributed by atoms with E-state index in [-0.39, 0.29) is 44.0 Å². The molecule has 360 valence electrons. The Hall–Kier alpha value is -4.19. The van der Waals surface area contributed by atoms with Crippen molar-refractivity contribution in [3.05, 3.63) is 122 Å². The zero-order valence-corrected chi connectivity index (χ0v) is 41.0. The van der Waals surface area contributed by atoms with Crippen molar-refractivity contribution in [2.24, 2.45) is 0 Å². The zero-order valence-electron chi connectivity index (χ0n) is 41.0. The summed E-state index contributed by atoms with van der Waals surface area (Å²) in [5.74, 6) is -1.11. The predicted octanol–water partition coefficient (Wildman–Crippen LogP) is 16.9. The summed E-state index contributed by atoms with van der Waals surface area (Å²) >= 11 is 0. The number of hydrogen-bond donors (Lipinski definition) is 0. The number of allylic oxidation sites excluding steroid dienone is 20. The predicted molar refractivity (Wildman–Crippen MR) is 274 cm³/mol. The van der Waals surface area contributed by atoms with Crippen LogP contribution in [0.3, 0.4) is 0 Å². The van der Waals surface area contributed by atoms with Crippen molar-refractivity contribution in [1.82, 2.24) is 0 Å². The van der Waals surface area contributed by atoms with Crippen LogP contribution < -0.4 is 0 Å². The van der Waals surface area contributed by atoms with E-state index in [1.54, 1.807) is 0 Å². The zero-order chi connectivity index (χ0) is 46.5. The molecule has 0 heterocycles. The first-order valence-corrected chi connectivity index (χ1v) is 25.5. The lowest BCUT2D eigenvalue weighted by Crippen LogP contribution is -2.30. The highest BCUT2D eigenvalue weighted by Gasteiger charge is 2.19. The molecule has 0 aliphatic carbocycles. The van der Waals surface area contributed by atoms with Crippen molar-refractivity contribution in [2.45, 2.75) is 213 Å². The molecular formula is C58H92O6. The molecule has 0 aromatic heterocycles. The molecular weight excluding hydrogens is 793 g/mol. The molecule has 1 unspecified atom stereocenters. The fourth-order valence-corrected chi connectivity index (χ4v) is 6.48. The number of esters is 3. The van der Waals surface area contributed by atoms with Crippen LogP contribution in [0.2, 0.25) is 0 Å². The van der Waals surface area contributed by atoms with E-state index in [1.807, 2.05) is 24.3 Å². The average Bonchev–Trinajstić information content (AvgIpc) is 3.29. The second kappa shape index (κ2) is 51.4. The quantitative estimate of drug-likeness (QED) is 0.0262. The van der Waals surface area contributed by atoms with E-state index in [4.69, 9.17) is 14.2 Å². The smallest absolute Gasteiger partial charge is 0.306 e. The highest BCUT2D eigenvalue weighted by molar-refractivity contribution is 5.71. The van der Waals surface area contributed by atoms with Crippen LogP contribution in [-0.2, 0) is 28.6 Å². The van der Waals surface area contributed by atoms with Crippen LogP contribution in [0.25, 0.3) is 0 Å². The molecule has 64 heavy (non-hydrogen) atoms. The van der Waals surface area contributed by atoms with E-state index in [9.17, 15) is 14.4 Å². The summed E-state index contributed by atoms with van der Waals surface area (Å²) in [6.07, 6.45) is 70.7. The van der Waals surface area contributed by atoms with Crippen LogP contribution in [0.1, 0.15) is 207 Å². The summed E-state index contributed by atoms with van der Waals surface area (Å²) < 4.78 is 16.6. The summed E-state index contributed by atoms with van der Waals surface area (Å²) in [7, 11) is 0. The minimum atomic E-state index is -0.838. The Morgan fingerprint density at radius 3 is 0.922 bits per heavy atom. The van der Waals surface area contributed by atoms with Crippen LogP contribution >= 0.6 is 0 Å². The highest BCUT2D eigenvalue weighted by Crippen LogP contribution is 2.14. The number of unbranched alkanes of at least 4 members (excludes halogenated alkanes) is 13. The fourth-order valence-electron chi connectivity index (χ4n) is 6.48. The monoisotopic (exact) mass is 885 g/mol. The number of carbonyl (C=O) groups excluding carboxylic acids is 3. The van der Waals surface area contributed by atoms with Gasteiger partial charge >= 0.3 is 17.9 Å². The first-order valence-electron chi connectivity index (χ1n) is 25.5. The molecule has 0 saturated heterocycles. The summed E-state index contributed by atoms with van der Waals surface area (Å²) in [5, 5.41) is 0. The van der Waals surface area contributed by atoms with E-state index in [0.29, 0.717) is 19.3 Å². The van der Waals surface area contributed by atoms with Crippen molar-refractivity contribution in [1.29, 1.82) is 0 Å².